The molecule has 1 heterocycles. The Labute approximate surface area is 123 Å². The summed E-state index contributed by atoms with van der Waals surface area (Å²) in [4.78, 5) is 4.98. The van der Waals surface area contributed by atoms with Gasteiger partial charge in [-0.3, -0.25) is 0 Å². The third-order valence-electron chi connectivity index (χ3n) is 4.71. The molecule has 0 spiro atoms. The fourth-order valence-electron chi connectivity index (χ4n) is 2.98. The van der Waals surface area contributed by atoms with Crippen LogP contribution in [0.5, 0.6) is 5.75 Å². The minimum atomic E-state index is 0.350. The van der Waals surface area contributed by atoms with E-state index in [2.05, 4.69) is 30.8 Å². The second-order valence-corrected chi connectivity index (χ2v) is 6.27. The van der Waals surface area contributed by atoms with Gasteiger partial charge in [-0.2, -0.15) is 0 Å². The van der Waals surface area contributed by atoms with Crippen molar-refractivity contribution in [2.75, 3.05) is 27.2 Å². The molecule has 3 heteroatoms. The highest BCUT2D eigenvalue weighted by Crippen LogP contribution is 2.18. The smallest absolute Gasteiger partial charge is 0.115 e. The monoisotopic (exact) mass is 276 g/mol. The van der Waals surface area contributed by atoms with Gasteiger partial charge in [0.05, 0.1) is 0 Å². The van der Waals surface area contributed by atoms with E-state index in [1.807, 2.05) is 12.1 Å². The van der Waals surface area contributed by atoms with Gasteiger partial charge in [0.1, 0.15) is 5.75 Å². The van der Waals surface area contributed by atoms with Gasteiger partial charge in [0.15, 0.2) is 0 Å². The summed E-state index contributed by atoms with van der Waals surface area (Å²) in [6, 6.07) is 8.92. The van der Waals surface area contributed by atoms with Gasteiger partial charge in [0.25, 0.3) is 0 Å². The summed E-state index contributed by atoms with van der Waals surface area (Å²) in [5, 5.41) is 9.29. The SMILES string of the molecule is CC(CCc1ccc(O)cc1)N(C)CC1CCCN1C. The molecule has 1 saturated heterocycles. The molecule has 0 radical (unpaired) electrons. The van der Waals surface area contributed by atoms with Crippen LogP contribution in [0.15, 0.2) is 24.3 Å². The van der Waals surface area contributed by atoms with E-state index in [9.17, 15) is 5.11 Å². The number of hydrogen-bond donors (Lipinski definition) is 1. The number of benzene rings is 1. The quantitative estimate of drug-likeness (QED) is 0.865. The summed E-state index contributed by atoms with van der Waals surface area (Å²) in [6.07, 6.45) is 4.92. The van der Waals surface area contributed by atoms with Crippen LogP contribution >= 0.6 is 0 Å². The van der Waals surface area contributed by atoms with Crippen molar-refractivity contribution in [2.24, 2.45) is 0 Å². The van der Waals surface area contributed by atoms with E-state index < -0.39 is 0 Å². The first kappa shape index (κ1) is 15.3. The highest BCUT2D eigenvalue weighted by Gasteiger charge is 2.23. The molecule has 0 saturated carbocycles. The second-order valence-electron chi connectivity index (χ2n) is 6.27. The molecular weight excluding hydrogens is 248 g/mol. The number of aromatic hydroxyl groups is 1. The minimum Gasteiger partial charge on any atom is -0.508 e. The van der Waals surface area contributed by atoms with Crippen LogP contribution in [-0.2, 0) is 6.42 Å². The molecule has 1 fully saturated rings. The standard InChI is InChI=1S/C17H28N2O/c1-14(6-7-15-8-10-17(20)11-9-15)19(3)13-16-5-4-12-18(16)2/h8-11,14,16,20H,4-7,12-13H2,1-3H3. The normalized spacial score (nSPS) is 21.5. The Bertz CT molecular complexity index is 404. The topological polar surface area (TPSA) is 26.7 Å². The number of phenols is 1. The predicted octanol–water partition coefficient (Wildman–Crippen LogP) is 2.74. The molecule has 0 aromatic heterocycles. The Morgan fingerprint density at radius 2 is 2.05 bits per heavy atom. The Morgan fingerprint density at radius 1 is 1.35 bits per heavy atom. The molecule has 2 rings (SSSR count). The lowest BCUT2D eigenvalue weighted by Gasteiger charge is -2.30. The van der Waals surface area contributed by atoms with Crippen LogP contribution in [0.25, 0.3) is 0 Å². The van der Waals surface area contributed by atoms with E-state index in [4.69, 9.17) is 0 Å². The molecule has 1 aliphatic heterocycles. The number of hydrogen-bond acceptors (Lipinski definition) is 3. The number of aryl methyl sites for hydroxylation is 1. The van der Waals surface area contributed by atoms with Crippen molar-refractivity contribution in [2.45, 2.75) is 44.7 Å². The van der Waals surface area contributed by atoms with Gasteiger partial charge in [-0.25, -0.2) is 0 Å². The molecule has 2 unspecified atom stereocenters. The van der Waals surface area contributed by atoms with Crippen LogP contribution in [0.3, 0.4) is 0 Å². The van der Waals surface area contributed by atoms with Crippen LogP contribution in [0.1, 0.15) is 31.7 Å². The van der Waals surface area contributed by atoms with Gasteiger partial charge < -0.3 is 14.9 Å². The zero-order chi connectivity index (χ0) is 14.5. The molecule has 1 N–H and O–H groups in total. The van der Waals surface area contributed by atoms with E-state index >= 15 is 0 Å². The second kappa shape index (κ2) is 7.09. The predicted molar refractivity (Wildman–Crippen MR) is 84.2 cm³/mol. The number of likely N-dealkylation sites (N-methyl/N-ethyl adjacent to an activating group) is 2. The van der Waals surface area contributed by atoms with Crippen LogP contribution in [0.2, 0.25) is 0 Å². The fourth-order valence-corrected chi connectivity index (χ4v) is 2.98. The first-order chi connectivity index (χ1) is 9.56. The zero-order valence-corrected chi connectivity index (χ0v) is 13.0. The molecule has 0 aliphatic carbocycles. The maximum atomic E-state index is 9.29. The lowest BCUT2D eigenvalue weighted by molar-refractivity contribution is 0.179. The molecule has 3 nitrogen and oxygen atoms in total. The van der Waals surface area contributed by atoms with Gasteiger partial charge in [-0.1, -0.05) is 12.1 Å². The van der Waals surface area contributed by atoms with E-state index in [1.54, 1.807) is 12.1 Å². The van der Waals surface area contributed by atoms with Crippen LogP contribution in [0.4, 0.5) is 0 Å². The molecule has 1 aromatic carbocycles. The molecule has 1 aromatic rings. The van der Waals surface area contributed by atoms with Crippen LogP contribution < -0.4 is 0 Å². The summed E-state index contributed by atoms with van der Waals surface area (Å²) in [5.41, 5.74) is 1.31. The summed E-state index contributed by atoms with van der Waals surface area (Å²) in [7, 11) is 4.49. The van der Waals surface area contributed by atoms with Gasteiger partial charge in [0, 0.05) is 18.6 Å². The first-order valence-electron chi connectivity index (χ1n) is 7.74. The summed E-state index contributed by atoms with van der Waals surface area (Å²) in [5.74, 6) is 0.350. The Kier molecular flexibility index (Phi) is 5.44. The Morgan fingerprint density at radius 3 is 2.65 bits per heavy atom. The molecule has 112 valence electrons. The van der Waals surface area contributed by atoms with E-state index in [0.29, 0.717) is 11.8 Å². The van der Waals surface area contributed by atoms with Crippen molar-refractivity contribution >= 4 is 0 Å². The maximum Gasteiger partial charge on any atom is 0.115 e. The van der Waals surface area contributed by atoms with Crippen molar-refractivity contribution in [1.82, 2.24) is 9.80 Å². The highest BCUT2D eigenvalue weighted by molar-refractivity contribution is 5.25. The molecular formula is C17H28N2O. The fraction of sp³-hybridized carbons (Fsp3) is 0.647. The van der Waals surface area contributed by atoms with E-state index in [0.717, 1.165) is 18.9 Å². The van der Waals surface area contributed by atoms with Gasteiger partial charge in [-0.05, 0) is 70.9 Å². The Hall–Kier alpha value is -1.06. The van der Waals surface area contributed by atoms with Crippen molar-refractivity contribution in [3.8, 4) is 5.75 Å². The van der Waals surface area contributed by atoms with E-state index in [-0.39, 0.29) is 0 Å². The van der Waals surface area contributed by atoms with E-state index in [1.165, 1.54) is 31.5 Å². The molecule has 0 amide bonds. The van der Waals surface area contributed by atoms with Crippen molar-refractivity contribution in [1.29, 1.82) is 0 Å². The number of likely N-dealkylation sites (tertiary alicyclic amines) is 1. The molecule has 1 aliphatic rings. The van der Waals surface area contributed by atoms with Gasteiger partial charge >= 0.3 is 0 Å². The van der Waals surface area contributed by atoms with Gasteiger partial charge in [0.2, 0.25) is 0 Å². The van der Waals surface area contributed by atoms with Crippen LogP contribution in [-0.4, -0.2) is 54.2 Å². The average molecular weight is 276 g/mol. The summed E-state index contributed by atoms with van der Waals surface area (Å²) < 4.78 is 0. The first-order valence-corrected chi connectivity index (χ1v) is 7.74. The lowest BCUT2D eigenvalue weighted by Crippen LogP contribution is -2.40. The highest BCUT2D eigenvalue weighted by atomic mass is 16.3. The lowest BCUT2D eigenvalue weighted by atomic mass is 10.0. The zero-order valence-electron chi connectivity index (χ0n) is 13.0. The van der Waals surface area contributed by atoms with Crippen molar-refractivity contribution in [3.63, 3.8) is 0 Å². The molecule has 20 heavy (non-hydrogen) atoms. The third kappa shape index (κ3) is 4.22. The van der Waals surface area contributed by atoms with Crippen LogP contribution in [0, 0.1) is 0 Å². The van der Waals surface area contributed by atoms with Crippen molar-refractivity contribution < 1.29 is 5.11 Å². The third-order valence-corrected chi connectivity index (χ3v) is 4.71. The summed E-state index contributed by atoms with van der Waals surface area (Å²) >= 11 is 0. The maximum absolute atomic E-state index is 9.29. The molecule has 0 bridgehead atoms. The number of nitrogens with zero attached hydrogens (tertiary/aromatic N) is 2. The number of rotatable bonds is 6. The Balaban J connectivity index is 1.76. The van der Waals surface area contributed by atoms with Gasteiger partial charge in [-0.15, -0.1) is 0 Å². The molecule has 2 atom stereocenters. The average Bonchev–Trinajstić information content (AvgIpc) is 2.83. The number of phenolic OH excluding ortho intramolecular Hbond substituents is 1. The van der Waals surface area contributed by atoms with Crippen molar-refractivity contribution in [3.05, 3.63) is 29.8 Å². The largest absolute Gasteiger partial charge is 0.508 e. The minimum absolute atomic E-state index is 0.350. The summed E-state index contributed by atoms with van der Waals surface area (Å²) in [6.45, 7) is 4.74.